The van der Waals surface area contributed by atoms with Crippen LogP contribution in [0.15, 0.2) is 39.6 Å². The maximum absolute atomic E-state index is 5.86. The first kappa shape index (κ1) is 14.5. The fraction of sp³-hybridized carbons (Fsp3) is 0.375. The van der Waals surface area contributed by atoms with Crippen molar-refractivity contribution >= 4 is 15.9 Å². The van der Waals surface area contributed by atoms with E-state index in [1.165, 1.54) is 0 Å². The van der Waals surface area contributed by atoms with Crippen molar-refractivity contribution in [3.05, 3.63) is 46.3 Å². The zero-order valence-electron chi connectivity index (χ0n) is 12.1. The maximum atomic E-state index is 5.86. The second kappa shape index (κ2) is 6.12. The van der Waals surface area contributed by atoms with E-state index in [-0.39, 0.29) is 6.04 Å². The lowest BCUT2D eigenvalue weighted by Crippen LogP contribution is -2.17. The molecule has 0 aliphatic carbocycles. The van der Waals surface area contributed by atoms with Crippen LogP contribution in [0.25, 0.3) is 0 Å². The maximum Gasteiger partial charge on any atom is 0.174 e. The molecule has 2 heterocycles. The van der Waals surface area contributed by atoms with Crippen molar-refractivity contribution in [2.24, 2.45) is 5.92 Å². The van der Waals surface area contributed by atoms with Crippen molar-refractivity contribution in [1.82, 2.24) is 5.32 Å². The number of benzene rings is 1. The normalized spacial score (nSPS) is 19.1. The van der Waals surface area contributed by atoms with Gasteiger partial charge in [0.15, 0.2) is 16.2 Å². The molecule has 0 saturated heterocycles. The Labute approximate surface area is 132 Å². The minimum absolute atomic E-state index is 0.0349. The van der Waals surface area contributed by atoms with Crippen LogP contribution in [0.5, 0.6) is 11.5 Å². The van der Waals surface area contributed by atoms with Gasteiger partial charge in [0.05, 0.1) is 25.5 Å². The topological polar surface area (TPSA) is 43.6 Å². The van der Waals surface area contributed by atoms with Crippen LogP contribution in [0.1, 0.15) is 24.1 Å². The summed E-state index contributed by atoms with van der Waals surface area (Å²) in [6.45, 7) is 3.48. The lowest BCUT2D eigenvalue weighted by Gasteiger charge is -2.17. The second-order valence-electron chi connectivity index (χ2n) is 5.30. The predicted octanol–water partition coefficient (Wildman–Crippen LogP) is 3.76. The molecule has 21 heavy (non-hydrogen) atoms. The Morgan fingerprint density at radius 1 is 1.19 bits per heavy atom. The molecular weight excluding hydrogens is 334 g/mol. The van der Waals surface area contributed by atoms with Crippen molar-refractivity contribution in [3.8, 4) is 11.5 Å². The summed E-state index contributed by atoms with van der Waals surface area (Å²) in [5.41, 5.74) is 2.16. The van der Waals surface area contributed by atoms with Crippen LogP contribution in [-0.2, 0) is 0 Å². The van der Waals surface area contributed by atoms with E-state index in [9.17, 15) is 0 Å². The monoisotopic (exact) mass is 351 g/mol. The number of nitrogens with one attached hydrogen (secondary N) is 1. The number of rotatable bonds is 3. The van der Waals surface area contributed by atoms with Gasteiger partial charge in [-0.1, -0.05) is 13.0 Å². The Balaban J connectivity index is 1.94. The molecule has 3 rings (SSSR count). The van der Waals surface area contributed by atoms with Gasteiger partial charge in [0, 0.05) is 11.5 Å². The molecule has 2 aromatic rings. The predicted molar refractivity (Wildman–Crippen MR) is 83.9 cm³/mol. The number of hydrogen-bond acceptors (Lipinski definition) is 4. The Bertz CT molecular complexity index is 626. The highest BCUT2D eigenvalue weighted by atomic mass is 79.9. The van der Waals surface area contributed by atoms with Gasteiger partial charge in [-0.15, -0.1) is 0 Å². The molecule has 2 atom stereocenters. The molecule has 1 aliphatic rings. The third-order valence-electron chi connectivity index (χ3n) is 3.59. The molecule has 2 unspecified atom stereocenters. The highest BCUT2D eigenvalue weighted by Gasteiger charge is 2.21. The molecule has 0 bridgehead atoms. The first-order valence-corrected chi connectivity index (χ1v) is 7.78. The van der Waals surface area contributed by atoms with Crippen LogP contribution in [-0.4, -0.2) is 20.3 Å². The van der Waals surface area contributed by atoms with E-state index < -0.39 is 0 Å². The molecule has 0 amide bonds. The van der Waals surface area contributed by atoms with E-state index in [0.717, 1.165) is 27.3 Å². The quantitative estimate of drug-likeness (QED) is 0.914. The zero-order valence-corrected chi connectivity index (χ0v) is 13.6. The van der Waals surface area contributed by atoms with Crippen LogP contribution in [0.4, 0.5) is 0 Å². The van der Waals surface area contributed by atoms with Gasteiger partial charge < -0.3 is 19.2 Å². The second-order valence-corrected chi connectivity index (χ2v) is 6.02. The lowest BCUT2D eigenvalue weighted by molar-refractivity contribution is 0.228. The molecule has 5 heteroatoms. The first-order valence-electron chi connectivity index (χ1n) is 6.98. The highest BCUT2D eigenvalue weighted by Crippen LogP contribution is 2.36. The summed E-state index contributed by atoms with van der Waals surface area (Å²) in [6.07, 6.45) is 1.68. The average molecular weight is 352 g/mol. The summed E-state index contributed by atoms with van der Waals surface area (Å²) >= 11 is 3.44. The van der Waals surface area contributed by atoms with E-state index in [2.05, 4.69) is 34.2 Å². The Morgan fingerprint density at radius 2 is 1.95 bits per heavy atom. The van der Waals surface area contributed by atoms with Crippen molar-refractivity contribution in [2.45, 2.75) is 13.0 Å². The van der Waals surface area contributed by atoms with E-state index in [1.54, 1.807) is 6.26 Å². The lowest BCUT2D eigenvalue weighted by atomic mass is 10.0. The molecule has 1 aromatic carbocycles. The van der Waals surface area contributed by atoms with E-state index in [1.807, 2.05) is 25.2 Å². The Hall–Kier alpha value is -1.46. The number of fused-ring (bicyclic) bond motifs is 1. The number of ether oxygens (including phenoxy) is 2. The molecule has 4 nitrogen and oxygen atoms in total. The molecule has 1 aromatic heterocycles. The summed E-state index contributed by atoms with van der Waals surface area (Å²) in [5, 5.41) is 3.31. The van der Waals surface area contributed by atoms with E-state index >= 15 is 0 Å². The van der Waals surface area contributed by atoms with Crippen molar-refractivity contribution in [3.63, 3.8) is 0 Å². The van der Waals surface area contributed by atoms with Crippen LogP contribution in [0, 0.1) is 5.92 Å². The van der Waals surface area contributed by atoms with Gasteiger partial charge in [-0.2, -0.15) is 0 Å². The van der Waals surface area contributed by atoms with Crippen LogP contribution in [0.3, 0.4) is 0 Å². The molecule has 112 valence electrons. The fourth-order valence-electron chi connectivity index (χ4n) is 2.46. The smallest absolute Gasteiger partial charge is 0.174 e. The Kier molecular flexibility index (Phi) is 4.22. The average Bonchev–Trinajstić information content (AvgIpc) is 2.81. The van der Waals surface area contributed by atoms with Gasteiger partial charge in [0.1, 0.15) is 0 Å². The van der Waals surface area contributed by atoms with Gasteiger partial charge in [-0.25, -0.2) is 0 Å². The van der Waals surface area contributed by atoms with Gasteiger partial charge >= 0.3 is 0 Å². The third-order valence-corrected chi connectivity index (χ3v) is 4.24. The molecule has 0 saturated carbocycles. The first-order chi connectivity index (χ1) is 10.2. The number of halogens is 1. The Morgan fingerprint density at radius 3 is 2.62 bits per heavy atom. The van der Waals surface area contributed by atoms with Crippen molar-refractivity contribution in [1.29, 1.82) is 0 Å². The minimum atomic E-state index is 0.0349. The summed E-state index contributed by atoms with van der Waals surface area (Å²) in [5.74, 6) is 2.00. The summed E-state index contributed by atoms with van der Waals surface area (Å²) in [7, 11) is 1.93. The van der Waals surface area contributed by atoms with Gasteiger partial charge in [0.25, 0.3) is 0 Å². The van der Waals surface area contributed by atoms with Crippen LogP contribution >= 0.6 is 15.9 Å². The fourth-order valence-corrected chi connectivity index (χ4v) is 2.93. The highest BCUT2D eigenvalue weighted by molar-refractivity contribution is 9.10. The van der Waals surface area contributed by atoms with Crippen LogP contribution < -0.4 is 14.8 Å². The number of hydrogen-bond donors (Lipinski definition) is 1. The minimum Gasteiger partial charge on any atom is -0.489 e. The van der Waals surface area contributed by atoms with Gasteiger partial charge in [0.2, 0.25) is 0 Å². The van der Waals surface area contributed by atoms with Gasteiger partial charge in [-0.3, -0.25) is 0 Å². The van der Waals surface area contributed by atoms with E-state index in [4.69, 9.17) is 13.9 Å². The third kappa shape index (κ3) is 2.94. The summed E-state index contributed by atoms with van der Waals surface area (Å²) in [4.78, 5) is 0. The molecule has 1 N–H and O–H groups in total. The number of furan rings is 1. The van der Waals surface area contributed by atoms with Crippen molar-refractivity contribution in [2.75, 3.05) is 20.3 Å². The van der Waals surface area contributed by atoms with E-state index in [0.29, 0.717) is 19.1 Å². The molecular formula is C16H18BrNO3. The zero-order chi connectivity index (χ0) is 14.8. The summed E-state index contributed by atoms with van der Waals surface area (Å²) in [6, 6.07) is 8.05. The van der Waals surface area contributed by atoms with Gasteiger partial charge in [-0.05, 0) is 46.7 Å². The standard InChI is InChI=1S/C16H18BrNO3/c1-10-8-20-13-4-3-11(7-14(13)21-9-10)15(18-2)12-5-6-19-16(12)17/h3-7,10,15,18H,8-9H2,1-2H3. The SMILES string of the molecule is CNC(c1ccc2c(c1)OCC(C)CO2)c1ccoc1Br. The van der Waals surface area contributed by atoms with Crippen LogP contribution in [0.2, 0.25) is 0 Å². The molecule has 1 aliphatic heterocycles. The molecule has 0 fully saturated rings. The summed E-state index contributed by atoms with van der Waals surface area (Å²) < 4.78 is 17.7. The molecule has 0 radical (unpaired) electrons. The largest absolute Gasteiger partial charge is 0.489 e. The molecule has 0 spiro atoms. The van der Waals surface area contributed by atoms with Crippen molar-refractivity contribution < 1.29 is 13.9 Å².